The van der Waals surface area contributed by atoms with Crippen molar-refractivity contribution < 1.29 is 0 Å². The molecule has 0 atom stereocenters. The molecule has 0 bridgehead atoms. The second-order valence-corrected chi connectivity index (χ2v) is 17.7. The molecular formula is C63H39N5. The lowest BCUT2D eigenvalue weighted by molar-refractivity contribution is 0.794. The molecule has 68 heavy (non-hydrogen) atoms. The standard InChI is InChI=1S/C63H39N5/c1-3-18-43(19-4-1)59-58(64-56-29-15-16-38-68(56)59)42-32-30-41(31-33-42)47-36-34-40-17-7-8-22-46(40)57(47)62-66-60(44-20-5-2-6-21-44)65-61(67-62)45-35-37-51-50-25-11-14-28-54(50)63(55(51)39-45)52-26-12-9-23-48(52)49-24-10-13-27-53(49)63/h1-39H. The van der Waals surface area contributed by atoms with Crippen molar-refractivity contribution in [2.45, 2.75) is 5.41 Å². The number of imidazole rings is 1. The normalized spacial score (nSPS) is 12.8. The van der Waals surface area contributed by atoms with Crippen molar-refractivity contribution in [1.29, 1.82) is 0 Å². The first-order chi connectivity index (χ1) is 33.7. The van der Waals surface area contributed by atoms with Crippen LogP contribution in [-0.4, -0.2) is 24.3 Å². The van der Waals surface area contributed by atoms with Gasteiger partial charge >= 0.3 is 0 Å². The predicted octanol–water partition coefficient (Wildman–Crippen LogP) is 15.0. The minimum Gasteiger partial charge on any atom is -0.299 e. The summed E-state index contributed by atoms with van der Waals surface area (Å²) >= 11 is 0. The Balaban J connectivity index is 0.966. The molecule has 0 saturated heterocycles. The molecule has 0 amide bonds. The van der Waals surface area contributed by atoms with E-state index in [0.717, 1.165) is 66.8 Å². The Morgan fingerprint density at radius 3 is 1.53 bits per heavy atom. The summed E-state index contributed by atoms with van der Waals surface area (Å²) in [6, 6.07) is 82.3. The summed E-state index contributed by atoms with van der Waals surface area (Å²) in [6.45, 7) is 0. The first-order valence-corrected chi connectivity index (χ1v) is 23.1. The molecule has 12 aromatic rings. The molecule has 2 aliphatic rings. The molecule has 0 saturated carbocycles. The van der Waals surface area contributed by atoms with Gasteiger partial charge in [0, 0.05) is 34.0 Å². The fourth-order valence-corrected chi connectivity index (χ4v) is 11.2. The van der Waals surface area contributed by atoms with E-state index in [9.17, 15) is 0 Å². The zero-order valence-electron chi connectivity index (χ0n) is 36.8. The van der Waals surface area contributed by atoms with E-state index in [1.54, 1.807) is 0 Å². The third-order valence-electron chi connectivity index (χ3n) is 14.1. The maximum Gasteiger partial charge on any atom is 0.165 e. The van der Waals surface area contributed by atoms with Crippen LogP contribution in [0.15, 0.2) is 237 Å². The Labute approximate surface area is 393 Å². The van der Waals surface area contributed by atoms with Crippen LogP contribution in [0.25, 0.3) is 106 Å². The number of benzene rings is 9. The van der Waals surface area contributed by atoms with Crippen LogP contribution in [0.3, 0.4) is 0 Å². The molecule has 14 rings (SSSR count). The molecule has 0 unspecified atom stereocenters. The largest absolute Gasteiger partial charge is 0.299 e. The maximum atomic E-state index is 5.51. The molecule has 2 aliphatic carbocycles. The average molecular weight is 866 g/mol. The third kappa shape index (κ3) is 5.63. The van der Waals surface area contributed by atoms with Crippen LogP contribution in [-0.2, 0) is 5.41 Å². The summed E-state index contributed by atoms with van der Waals surface area (Å²) in [7, 11) is 0. The summed E-state index contributed by atoms with van der Waals surface area (Å²) in [6.07, 6.45) is 2.09. The van der Waals surface area contributed by atoms with Crippen LogP contribution in [0.1, 0.15) is 22.3 Å². The number of hydrogen-bond acceptors (Lipinski definition) is 4. The number of nitrogens with zero attached hydrogens (tertiary/aromatic N) is 5. The van der Waals surface area contributed by atoms with Crippen LogP contribution >= 0.6 is 0 Å². The number of aromatic nitrogens is 5. The Bertz CT molecular complexity index is 3900. The van der Waals surface area contributed by atoms with Crippen molar-refractivity contribution in [2.24, 2.45) is 0 Å². The van der Waals surface area contributed by atoms with Crippen molar-refractivity contribution >= 4 is 16.4 Å². The fraction of sp³-hybridized carbons (Fsp3) is 0.0159. The molecule has 0 N–H and O–H groups in total. The molecule has 9 aromatic carbocycles. The lowest BCUT2D eigenvalue weighted by Crippen LogP contribution is -2.25. The number of hydrogen-bond donors (Lipinski definition) is 0. The van der Waals surface area contributed by atoms with E-state index in [1.165, 1.54) is 44.5 Å². The van der Waals surface area contributed by atoms with Crippen LogP contribution in [0.5, 0.6) is 0 Å². The van der Waals surface area contributed by atoms with E-state index < -0.39 is 5.41 Å². The van der Waals surface area contributed by atoms with Gasteiger partial charge in [-0.1, -0.05) is 212 Å². The third-order valence-corrected chi connectivity index (χ3v) is 14.1. The van der Waals surface area contributed by atoms with Gasteiger partial charge in [-0.05, 0) is 84.6 Å². The molecule has 5 nitrogen and oxygen atoms in total. The zero-order chi connectivity index (χ0) is 44.8. The Morgan fingerprint density at radius 1 is 0.324 bits per heavy atom. The van der Waals surface area contributed by atoms with Crippen LogP contribution in [0.4, 0.5) is 0 Å². The van der Waals surface area contributed by atoms with Gasteiger partial charge in [-0.25, -0.2) is 19.9 Å². The number of rotatable bonds is 6. The molecule has 3 heterocycles. The van der Waals surface area contributed by atoms with Gasteiger partial charge in [-0.3, -0.25) is 4.40 Å². The van der Waals surface area contributed by atoms with E-state index >= 15 is 0 Å². The Kier molecular flexibility index (Phi) is 8.43. The van der Waals surface area contributed by atoms with Crippen molar-refractivity contribution in [1.82, 2.24) is 24.3 Å². The number of fused-ring (bicyclic) bond motifs is 12. The van der Waals surface area contributed by atoms with Gasteiger partial charge < -0.3 is 0 Å². The quantitative estimate of drug-likeness (QED) is 0.167. The second kappa shape index (κ2) is 15.0. The summed E-state index contributed by atoms with van der Waals surface area (Å²) in [5, 5.41) is 2.18. The molecule has 0 radical (unpaired) electrons. The summed E-state index contributed by atoms with van der Waals surface area (Å²) < 4.78 is 2.17. The Hall–Kier alpha value is -9.06. The average Bonchev–Trinajstić information content (AvgIpc) is 4.05. The van der Waals surface area contributed by atoms with E-state index in [1.807, 2.05) is 24.3 Å². The molecular weight excluding hydrogens is 827 g/mol. The Morgan fingerprint density at radius 2 is 0.838 bits per heavy atom. The van der Waals surface area contributed by atoms with Gasteiger partial charge in [0.25, 0.3) is 0 Å². The molecule has 1 spiro atoms. The minimum absolute atomic E-state index is 0.493. The first-order valence-electron chi connectivity index (χ1n) is 23.1. The molecule has 0 fully saturated rings. The highest BCUT2D eigenvalue weighted by Gasteiger charge is 2.51. The smallest absolute Gasteiger partial charge is 0.165 e. The van der Waals surface area contributed by atoms with E-state index in [0.29, 0.717) is 17.5 Å². The zero-order valence-corrected chi connectivity index (χ0v) is 36.8. The summed E-state index contributed by atoms with van der Waals surface area (Å²) in [4.78, 5) is 21.4. The van der Waals surface area contributed by atoms with E-state index in [-0.39, 0.29) is 0 Å². The van der Waals surface area contributed by atoms with Crippen molar-refractivity contribution in [3.63, 3.8) is 0 Å². The van der Waals surface area contributed by atoms with Crippen LogP contribution in [0, 0.1) is 0 Å². The van der Waals surface area contributed by atoms with Gasteiger partial charge in [0.05, 0.1) is 16.8 Å². The van der Waals surface area contributed by atoms with Gasteiger partial charge in [0.1, 0.15) is 5.65 Å². The lowest BCUT2D eigenvalue weighted by Gasteiger charge is -2.30. The maximum absolute atomic E-state index is 5.51. The van der Waals surface area contributed by atoms with Gasteiger partial charge in [-0.15, -0.1) is 0 Å². The van der Waals surface area contributed by atoms with Crippen molar-refractivity contribution in [3.8, 4) is 90.1 Å². The topological polar surface area (TPSA) is 56.0 Å². The highest BCUT2D eigenvalue weighted by atomic mass is 15.0. The van der Waals surface area contributed by atoms with E-state index in [4.69, 9.17) is 19.9 Å². The van der Waals surface area contributed by atoms with E-state index in [2.05, 4.69) is 217 Å². The van der Waals surface area contributed by atoms with Gasteiger partial charge in [0.15, 0.2) is 17.5 Å². The predicted molar refractivity (Wildman–Crippen MR) is 275 cm³/mol. The SMILES string of the molecule is c1ccc(-c2nc(-c3ccc4c(c3)C3(c5ccccc5-c5ccccc53)c3ccccc3-4)nc(-c3c(-c4ccc(-c5nc6ccccn6c5-c5ccccc5)cc4)ccc4ccccc34)n2)cc1. The molecule has 3 aromatic heterocycles. The lowest BCUT2D eigenvalue weighted by atomic mass is 9.70. The molecule has 0 aliphatic heterocycles. The van der Waals surface area contributed by atoms with Gasteiger partial charge in [-0.2, -0.15) is 0 Å². The van der Waals surface area contributed by atoms with Crippen molar-refractivity contribution in [3.05, 3.63) is 259 Å². The van der Waals surface area contributed by atoms with Crippen LogP contribution < -0.4 is 0 Å². The minimum atomic E-state index is -0.493. The molecule has 316 valence electrons. The number of pyridine rings is 1. The first kappa shape index (κ1) is 38.2. The monoisotopic (exact) mass is 865 g/mol. The van der Waals surface area contributed by atoms with Gasteiger partial charge in [0.2, 0.25) is 0 Å². The fourth-order valence-electron chi connectivity index (χ4n) is 11.2. The highest BCUT2D eigenvalue weighted by Crippen LogP contribution is 2.63. The van der Waals surface area contributed by atoms with Crippen molar-refractivity contribution in [2.75, 3.05) is 0 Å². The summed E-state index contributed by atoms with van der Waals surface area (Å²) in [5.41, 5.74) is 19.6. The highest BCUT2D eigenvalue weighted by molar-refractivity contribution is 6.03. The van der Waals surface area contributed by atoms with Crippen LogP contribution in [0.2, 0.25) is 0 Å². The molecule has 5 heteroatoms. The summed E-state index contributed by atoms with van der Waals surface area (Å²) in [5.74, 6) is 1.86. The second-order valence-electron chi connectivity index (χ2n) is 17.7.